The van der Waals surface area contributed by atoms with Gasteiger partial charge in [0.05, 0.1) is 12.5 Å². The summed E-state index contributed by atoms with van der Waals surface area (Å²) >= 11 is 6.38. The van der Waals surface area contributed by atoms with Crippen molar-refractivity contribution >= 4 is 23.0 Å². The lowest BCUT2D eigenvalue weighted by atomic mass is 9.99. The van der Waals surface area contributed by atoms with Gasteiger partial charge in [0.1, 0.15) is 23.2 Å². The van der Waals surface area contributed by atoms with Crippen LogP contribution in [0, 0.1) is 5.41 Å². The quantitative estimate of drug-likeness (QED) is 0.201. The second-order valence-electron chi connectivity index (χ2n) is 7.42. The van der Waals surface area contributed by atoms with Gasteiger partial charge in [0.2, 0.25) is 0 Å². The van der Waals surface area contributed by atoms with Gasteiger partial charge >= 0.3 is 0 Å². The molecule has 4 rings (SSSR count). The number of furan rings is 1. The monoisotopic (exact) mass is 446 g/mol. The topological polar surface area (TPSA) is 111 Å². The van der Waals surface area contributed by atoms with Gasteiger partial charge in [0, 0.05) is 22.9 Å². The Kier molecular flexibility index (Phi) is 6.54. The highest BCUT2D eigenvalue weighted by Crippen LogP contribution is 2.32. The highest BCUT2D eigenvalue weighted by Gasteiger charge is 2.15. The Morgan fingerprint density at radius 1 is 1.09 bits per heavy atom. The standard InChI is InChI=1S/C25H23ClN4O2/c26-25-20(17-8-9-22(28)21(12-17)24(29)23-7-4-10-31-23)13-19(14-30-25)32-15-18(27)11-16-5-2-1-3-6-16/h1-10,12-14,18,29H,11,15,27-28H2. The first-order valence-corrected chi connectivity index (χ1v) is 10.5. The van der Waals surface area contributed by atoms with Gasteiger partial charge in [0.15, 0.2) is 5.76 Å². The van der Waals surface area contributed by atoms with Crippen LogP contribution in [0.5, 0.6) is 5.75 Å². The predicted octanol–water partition coefficient (Wildman–Crippen LogP) is 4.94. The van der Waals surface area contributed by atoms with Crippen molar-refractivity contribution in [3.05, 3.63) is 101 Å². The van der Waals surface area contributed by atoms with Crippen LogP contribution < -0.4 is 16.2 Å². The first-order chi connectivity index (χ1) is 15.5. The number of benzene rings is 2. The summed E-state index contributed by atoms with van der Waals surface area (Å²) in [7, 11) is 0. The fourth-order valence-corrected chi connectivity index (χ4v) is 3.60. The summed E-state index contributed by atoms with van der Waals surface area (Å²) in [6.07, 6.45) is 3.81. The third-order valence-electron chi connectivity index (χ3n) is 5.02. The Hall–Kier alpha value is -3.61. The predicted molar refractivity (Wildman–Crippen MR) is 127 cm³/mol. The van der Waals surface area contributed by atoms with Crippen LogP contribution in [0.15, 0.2) is 83.6 Å². The van der Waals surface area contributed by atoms with Crippen LogP contribution in [0.4, 0.5) is 5.69 Å². The Balaban J connectivity index is 1.52. The van der Waals surface area contributed by atoms with Gasteiger partial charge in [-0.3, -0.25) is 5.41 Å². The van der Waals surface area contributed by atoms with Crippen molar-refractivity contribution in [2.45, 2.75) is 12.5 Å². The highest BCUT2D eigenvalue weighted by atomic mass is 35.5. The average Bonchev–Trinajstić information content (AvgIpc) is 3.34. The zero-order valence-electron chi connectivity index (χ0n) is 17.3. The molecule has 32 heavy (non-hydrogen) atoms. The van der Waals surface area contributed by atoms with E-state index in [9.17, 15) is 0 Å². The van der Waals surface area contributed by atoms with Crippen molar-refractivity contribution in [1.29, 1.82) is 5.41 Å². The molecule has 162 valence electrons. The lowest BCUT2D eigenvalue weighted by Gasteiger charge is -2.15. The Labute approximate surface area is 191 Å². The van der Waals surface area contributed by atoms with E-state index in [0.717, 1.165) is 11.1 Å². The Morgan fingerprint density at radius 3 is 2.66 bits per heavy atom. The molecule has 7 heteroatoms. The number of nitrogen functional groups attached to an aromatic ring is 1. The van der Waals surface area contributed by atoms with Crippen LogP contribution in [0.25, 0.3) is 11.1 Å². The zero-order chi connectivity index (χ0) is 22.5. The van der Waals surface area contributed by atoms with E-state index in [1.54, 1.807) is 30.5 Å². The van der Waals surface area contributed by atoms with Gasteiger partial charge < -0.3 is 20.6 Å². The van der Waals surface area contributed by atoms with Gasteiger partial charge in [0.25, 0.3) is 0 Å². The molecule has 4 aromatic rings. The van der Waals surface area contributed by atoms with Gasteiger partial charge in [-0.05, 0) is 47.9 Å². The minimum Gasteiger partial charge on any atom is -0.490 e. The smallest absolute Gasteiger partial charge is 0.152 e. The van der Waals surface area contributed by atoms with E-state index in [1.165, 1.54) is 6.26 Å². The molecule has 0 radical (unpaired) electrons. The summed E-state index contributed by atoms with van der Waals surface area (Å²) in [5.41, 5.74) is 16.2. The summed E-state index contributed by atoms with van der Waals surface area (Å²) in [6.45, 7) is 0.341. The van der Waals surface area contributed by atoms with Crippen LogP contribution in [0.3, 0.4) is 0 Å². The maximum atomic E-state index is 8.43. The third kappa shape index (κ3) is 4.99. The van der Waals surface area contributed by atoms with Crippen molar-refractivity contribution in [1.82, 2.24) is 4.98 Å². The number of nitrogens with two attached hydrogens (primary N) is 2. The number of aromatic nitrogens is 1. The summed E-state index contributed by atoms with van der Waals surface area (Å²) in [6, 6.07) is 20.5. The van der Waals surface area contributed by atoms with E-state index in [-0.39, 0.29) is 11.8 Å². The highest BCUT2D eigenvalue weighted by molar-refractivity contribution is 6.32. The fourth-order valence-electron chi connectivity index (χ4n) is 3.38. The van der Waals surface area contributed by atoms with Crippen molar-refractivity contribution in [3.63, 3.8) is 0 Å². The van der Waals surface area contributed by atoms with E-state index in [0.29, 0.717) is 46.5 Å². The van der Waals surface area contributed by atoms with Crippen LogP contribution >= 0.6 is 11.6 Å². The molecule has 2 heterocycles. The number of hydrogen-bond acceptors (Lipinski definition) is 6. The number of pyridine rings is 1. The molecular formula is C25H23ClN4O2. The lowest BCUT2D eigenvalue weighted by Crippen LogP contribution is -2.30. The minimum absolute atomic E-state index is 0.159. The normalized spacial score (nSPS) is 11.8. The largest absolute Gasteiger partial charge is 0.490 e. The number of anilines is 1. The van der Waals surface area contributed by atoms with E-state index in [1.807, 2.05) is 42.5 Å². The van der Waals surface area contributed by atoms with E-state index in [4.69, 9.17) is 37.6 Å². The minimum atomic E-state index is -0.159. The molecule has 6 nitrogen and oxygen atoms in total. The summed E-state index contributed by atoms with van der Waals surface area (Å²) < 4.78 is 11.2. The molecule has 1 unspecified atom stereocenters. The fraction of sp³-hybridized carbons (Fsp3) is 0.120. The Morgan fingerprint density at radius 2 is 1.91 bits per heavy atom. The molecule has 0 aliphatic heterocycles. The first kappa shape index (κ1) is 21.6. The lowest BCUT2D eigenvalue weighted by molar-refractivity contribution is 0.287. The molecule has 0 saturated heterocycles. The molecule has 0 bridgehead atoms. The third-order valence-corrected chi connectivity index (χ3v) is 5.32. The molecule has 0 saturated carbocycles. The van der Waals surface area contributed by atoms with Crippen LogP contribution in [0.1, 0.15) is 16.9 Å². The van der Waals surface area contributed by atoms with Crippen molar-refractivity contribution in [2.75, 3.05) is 12.3 Å². The van der Waals surface area contributed by atoms with Gasteiger partial charge in [-0.25, -0.2) is 4.98 Å². The van der Waals surface area contributed by atoms with Crippen LogP contribution in [0.2, 0.25) is 5.15 Å². The van der Waals surface area contributed by atoms with E-state index in [2.05, 4.69) is 4.98 Å². The maximum Gasteiger partial charge on any atom is 0.152 e. The van der Waals surface area contributed by atoms with Crippen molar-refractivity contribution in [2.24, 2.45) is 5.73 Å². The molecule has 0 amide bonds. The average molecular weight is 447 g/mol. The van der Waals surface area contributed by atoms with Gasteiger partial charge in [-0.15, -0.1) is 0 Å². The number of ether oxygens (including phenoxy) is 1. The van der Waals surface area contributed by atoms with Crippen LogP contribution in [-0.2, 0) is 6.42 Å². The molecular weight excluding hydrogens is 424 g/mol. The molecule has 0 aliphatic carbocycles. The first-order valence-electron chi connectivity index (χ1n) is 10.1. The molecule has 0 spiro atoms. The second kappa shape index (κ2) is 9.68. The Bertz CT molecular complexity index is 1210. The summed E-state index contributed by atoms with van der Waals surface area (Å²) in [5.74, 6) is 0.995. The molecule has 1 atom stereocenters. The number of halogens is 1. The molecule has 2 aromatic carbocycles. The van der Waals surface area contributed by atoms with Crippen molar-refractivity contribution in [3.8, 4) is 16.9 Å². The zero-order valence-corrected chi connectivity index (χ0v) is 18.0. The number of rotatable bonds is 8. The summed E-state index contributed by atoms with van der Waals surface area (Å²) in [5, 5.41) is 8.75. The van der Waals surface area contributed by atoms with E-state index >= 15 is 0 Å². The SMILES string of the molecule is N=C(c1ccco1)c1cc(-c2cc(OCC(N)Cc3ccccc3)cnc2Cl)ccc1N. The maximum absolute atomic E-state index is 8.43. The van der Waals surface area contributed by atoms with Gasteiger partial charge in [-0.2, -0.15) is 0 Å². The number of nitrogens with one attached hydrogen (secondary N) is 1. The summed E-state index contributed by atoms with van der Waals surface area (Å²) in [4.78, 5) is 4.26. The number of hydrogen-bond donors (Lipinski definition) is 3. The molecule has 5 N–H and O–H groups in total. The molecule has 0 aliphatic rings. The second-order valence-corrected chi connectivity index (χ2v) is 7.78. The number of nitrogens with zero attached hydrogens (tertiary/aromatic N) is 1. The molecule has 2 aromatic heterocycles. The van der Waals surface area contributed by atoms with Crippen molar-refractivity contribution < 1.29 is 9.15 Å². The van der Waals surface area contributed by atoms with E-state index < -0.39 is 0 Å². The van der Waals surface area contributed by atoms with Gasteiger partial charge in [-0.1, -0.05) is 48.0 Å². The van der Waals surface area contributed by atoms with Crippen LogP contribution in [-0.4, -0.2) is 23.3 Å². The molecule has 0 fully saturated rings.